The van der Waals surface area contributed by atoms with Gasteiger partial charge in [0.05, 0.1) is 38.6 Å². The Morgan fingerprint density at radius 3 is 2.77 bits per heavy atom. The van der Waals surface area contributed by atoms with E-state index in [-0.39, 0.29) is 4.48 Å². The molecular weight excluding hydrogens is 405 g/mol. The molecule has 2 atom stereocenters. The minimum atomic E-state index is -4.42. The molecule has 3 aliphatic rings. The van der Waals surface area contributed by atoms with Crippen LogP contribution in [0.25, 0.3) is 0 Å². The number of alkyl halides is 3. The number of benzene rings is 2. The molecule has 0 saturated carbocycles. The van der Waals surface area contributed by atoms with Crippen molar-refractivity contribution in [3.05, 3.63) is 47.0 Å². The average molecular weight is 433 g/mol. The summed E-state index contributed by atoms with van der Waals surface area (Å²) in [6, 6.07) is 8.28. The Labute approximate surface area is 180 Å². The summed E-state index contributed by atoms with van der Waals surface area (Å²) in [6.45, 7) is 3.98. The number of nitrogens with one attached hydrogen (secondary N) is 1. The molecule has 0 unspecified atom stereocenters. The van der Waals surface area contributed by atoms with Gasteiger partial charge in [0.25, 0.3) is 0 Å². The Kier molecular flexibility index (Phi) is 4.73. The summed E-state index contributed by atoms with van der Waals surface area (Å²) in [4.78, 5) is 2.49. The van der Waals surface area contributed by atoms with Crippen molar-refractivity contribution in [1.29, 1.82) is 0 Å². The van der Waals surface area contributed by atoms with Gasteiger partial charge in [-0.2, -0.15) is 13.2 Å². The fourth-order valence-corrected chi connectivity index (χ4v) is 5.43. The zero-order chi connectivity index (χ0) is 22.0. The molecule has 3 aliphatic heterocycles. The highest BCUT2D eigenvalue weighted by atomic mass is 19.4. The molecule has 31 heavy (non-hydrogen) atoms. The van der Waals surface area contributed by atoms with Gasteiger partial charge in [-0.25, -0.2) is 0 Å². The summed E-state index contributed by atoms with van der Waals surface area (Å²) in [6.07, 6.45) is -3.34. The number of fused-ring (bicyclic) bond motifs is 3. The molecule has 0 bridgehead atoms. The molecule has 0 radical (unpaired) electrons. The van der Waals surface area contributed by atoms with Crippen LogP contribution in [-0.2, 0) is 17.5 Å². The molecule has 2 aromatic rings. The van der Waals surface area contributed by atoms with Crippen molar-refractivity contribution in [2.24, 2.45) is 0 Å². The molecule has 0 spiro atoms. The number of nitrogens with two attached hydrogens (primary N) is 1. The lowest BCUT2D eigenvalue weighted by atomic mass is 9.89. The summed E-state index contributed by atoms with van der Waals surface area (Å²) in [7, 11) is 3.78. The smallest absolute Gasteiger partial charge is 0.394 e. The highest BCUT2D eigenvalue weighted by Gasteiger charge is 2.43. The molecule has 0 aromatic heterocycles. The highest BCUT2D eigenvalue weighted by molar-refractivity contribution is 5.77. The minimum Gasteiger partial charge on any atom is -0.394 e. The number of hydrogen-bond donors (Lipinski definition) is 2. The van der Waals surface area contributed by atoms with Crippen molar-refractivity contribution >= 4 is 22.7 Å². The van der Waals surface area contributed by atoms with Crippen LogP contribution >= 0.6 is 0 Å². The third kappa shape index (κ3) is 3.28. The van der Waals surface area contributed by atoms with E-state index in [1.807, 2.05) is 14.1 Å². The van der Waals surface area contributed by atoms with Crippen molar-refractivity contribution < 1.29 is 17.9 Å². The second-order valence-electron chi connectivity index (χ2n) is 9.18. The quantitative estimate of drug-likeness (QED) is 0.556. The van der Waals surface area contributed by atoms with E-state index in [4.69, 9.17) is 10.5 Å². The number of piperidine rings is 1. The van der Waals surface area contributed by atoms with E-state index < -0.39 is 11.7 Å². The van der Waals surface area contributed by atoms with Crippen molar-refractivity contribution in [1.82, 2.24) is 9.80 Å². The predicted octanol–water partition coefficient (Wildman–Crippen LogP) is 3.98. The van der Waals surface area contributed by atoms with Crippen molar-refractivity contribution in [3.63, 3.8) is 0 Å². The van der Waals surface area contributed by atoms with Crippen molar-refractivity contribution in [2.75, 3.05) is 51.0 Å². The topological polar surface area (TPSA) is 50.5 Å². The predicted molar refractivity (Wildman–Crippen MR) is 117 cm³/mol. The highest BCUT2D eigenvalue weighted by Crippen LogP contribution is 2.50. The molecule has 1 saturated heterocycles. The van der Waals surface area contributed by atoms with E-state index in [0.717, 1.165) is 43.4 Å². The Bertz CT molecular complexity index is 1020. The molecule has 2 aromatic carbocycles. The lowest BCUT2D eigenvalue weighted by Crippen LogP contribution is -2.45. The van der Waals surface area contributed by atoms with Gasteiger partial charge >= 0.3 is 6.18 Å². The van der Waals surface area contributed by atoms with Gasteiger partial charge in [-0.05, 0) is 30.7 Å². The number of quaternary nitrogens is 1. The zero-order valence-corrected chi connectivity index (χ0v) is 17.8. The number of rotatable bonds is 2. The number of hydrogen-bond acceptors (Lipinski definition) is 4. The van der Waals surface area contributed by atoms with Crippen LogP contribution in [0.5, 0.6) is 0 Å². The van der Waals surface area contributed by atoms with Crippen LogP contribution in [0, 0.1) is 0 Å². The first-order chi connectivity index (χ1) is 14.7. The van der Waals surface area contributed by atoms with E-state index >= 15 is 0 Å². The molecule has 1 fully saturated rings. The van der Waals surface area contributed by atoms with Gasteiger partial charge in [-0.1, -0.05) is 0 Å². The molecule has 3 N–H and O–H groups in total. The van der Waals surface area contributed by atoms with E-state index in [2.05, 4.69) is 22.3 Å². The Hall–Kier alpha value is -2.29. The molecule has 166 valence electrons. The Balaban J connectivity index is 1.65. The molecule has 3 heterocycles. The first-order valence-corrected chi connectivity index (χ1v) is 10.7. The van der Waals surface area contributed by atoms with E-state index in [0.29, 0.717) is 36.5 Å². The largest absolute Gasteiger partial charge is 0.416 e. The van der Waals surface area contributed by atoms with E-state index in [9.17, 15) is 13.2 Å². The van der Waals surface area contributed by atoms with Gasteiger partial charge in [-0.15, -0.1) is 0 Å². The molecule has 5 nitrogen and oxygen atoms in total. The fraction of sp³-hybridized carbons (Fsp3) is 0.478. The SMILES string of the molecule is C[N+](C)(c1cc2c3c(c1)[C@@H]1CNCC[C@@H]1N3CCOC2)c1cc(C(F)(F)F)ccc1N. The van der Waals surface area contributed by atoms with Crippen LogP contribution in [-0.4, -0.2) is 46.4 Å². The summed E-state index contributed by atoms with van der Waals surface area (Å²) in [5, 5.41) is 3.51. The van der Waals surface area contributed by atoms with Gasteiger partial charge in [-0.3, -0.25) is 4.48 Å². The van der Waals surface area contributed by atoms with E-state index in [1.165, 1.54) is 23.4 Å². The summed E-state index contributed by atoms with van der Waals surface area (Å²) in [5.74, 6) is 0.374. The van der Waals surface area contributed by atoms with Gasteiger partial charge in [0.15, 0.2) is 5.69 Å². The number of ether oxygens (including phenoxy) is 1. The number of anilines is 2. The number of nitrogens with zero attached hydrogens (tertiary/aromatic N) is 2. The molecule has 5 rings (SSSR count). The average Bonchev–Trinajstić information content (AvgIpc) is 2.88. The van der Waals surface area contributed by atoms with Gasteiger partial charge in [0, 0.05) is 54.5 Å². The zero-order valence-electron chi connectivity index (χ0n) is 17.8. The fourth-order valence-electron chi connectivity index (χ4n) is 5.43. The van der Waals surface area contributed by atoms with Crippen LogP contribution in [0.4, 0.5) is 35.9 Å². The van der Waals surface area contributed by atoms with Crippen LogP contribution in [0.15, 0.2) is 30.3 Å². The Morgan fingerprint density at radius 2 is 2.00 bits per heavy atom. The minimum absolute atomic E-state index is 0.126. The maximum atomic E-state index is 13.4. The molecule has 8 heteroatoms. The summed E-state index contributed by atoms with van der Waals surface area (Å²) in [5.41, 5.74) is 10.8. The lowest BCUT2D eigenvalue weighted by Gasteiger charge is -2.33. The van der Waals surface area contributed by atoms with E-state index in [1.54, 1.807) is 0 Å². The van der Waals surface area contributed by atoms with Gasteiger partial charge in [0.1, 0.15) is 5.69 Å². The van der Waals surface area contributed by atoms with Gasteiger partial charge in [0.2, 0.25) is 0 Å². The third-order valence-electron chi connectivity index (χ3n) is 7.08. The van der Waals surface area contributed by atoms with Crippen molar-refractivity contribution in [2.45, 2.75) is 31.2 Å². The maximum Gasteiger partial charge on any atom is 0.416 e. The monoisotopic (exact) mass is 433 g/mol. The maximum absolute atomic E-state index is 13.4. The second kappa shape index (κ2) is 7.12. The van der Waals surface area contributed by atoms with Crippen LogP contribution in [0.1, 0.15) is 29.0 Å². The first kappa shape index (κ1) is 20.6. The molecule has 0 amide bonds. The van der Waals surface area contributed by atoms with Crippen LogP contribution in [0.3, 0.4) is 0 Å². The second-order valence-corrected chi connectivity index (χ2v) is 9.18. The normalized spacial score (nSPS) is 23.3. The third-order valence-corrected chi connectivity index (χ3v) is 7.08. The standard InChI is InChI=1S/C23H28F3N4O/c1-30(2,21-10-15(23(24,25)26)3-4-19(21)27)16-9-14-13-31-8-7-29-20-5-6-28-12-18(20)17(11-16)22(14)29/h3-4,9-11,18,20,28H,5-8,12-13,27H2,1-2H3/q+1/t18-,20-/m0/s1. The first-order valence-electron chi connectivity index (χ1n) is 10.7. The molecule has 0 aliphatic carbocycles. The lowest BCUT2D eigenvalue weighted by molar-refractivity contribution is -0.137. The van der Waals surface area contributed by atoms with Crippen molar-refractivity contribution in [3.8, 4) is 0 Å². The van der Waals surface area contributed by atoms with Crippen LogP contribution < -0.4 is 20.4 Å². The molecular formula is C23H28F3N4O+. The Morgan fingerprint density at radius 1 is 1.19 bits per heavy atom. The number of halogens is 3. The van der Waals surface area contributed by atoms with Crippen LogP contribution in [0.2, 0.25) is 0 Å². The number of nitrogen functional groups attached to an aromatic ring is 1. The summed E-state index contributed by atoms with van der Waals surface area (Å²) < 4.78 is 46.2. The summed E-state index contributed by atoms with van der Waals surface area (Å²) >= 11 is 0. The van der Waals surface area contributed by atoms with Gasteiger partial charge < -0.3 is 20.7 Å².